The monoisotopic (exact) mass is 246 g/mol. The van der Waals surface area contributed by atoms with Crippen molar-refractivity contribution in [3.05, 3.63) is 35.7 Å². The van der Waals surface area contributed by atoms with Gasteiger partial charge < -0.3 is 19.2 Å². The van der Waals surface area contributed by atoms with Crippen molar-refractivity contribution in [1.29, 1.82) is 0 Å². The molecule has 0 saturated heterocycles. The number of benzene rings is 1. The molecular weight excluding hydrogens is 232 g/mol. The lowest BCUT2D eigenvalue weighted by Gasteiger charge is -2.01. The van der Waals surface area contributed by atoms with E-state index in [9.17, 15) is 0 Å². The minimum Gasteiger partial charge on any atom is -0.454 e. The van der Waals surface area contributed by atoms with Crippen molar-refractivity contribution < 1.29 is 13.9 Å². The topological polar surface area (TPSA) is 56.5 Å². The van der Waals surface area contributed by atoms with Crippen LogP contribution in [0.4, 0.5) is 6.01 Å². The Kier molecular flexibility index (Phi) is 2.80. The number of aryl methyl sites for hydroxylation is 2. The maximum Gasteiger partial charge on any atom is 0.294 e. The number of aromatic nitrogens is 1. The minimum atomic E-state index is 0.312. The van der Waals surface area contributed by atoms with Gasteiger partial charge in [0.1, 0.15) is 5.76 Å². The third kappa shape index (κ3) is 2.11. The Morgan fingerprint density at radius 1 is 1.22 bits per heavy atom. The molecule has 1 aromatic heterocycles. The first-order chi connectivity index (χ1) is 8.85. The number of hydrogen-bond donors (Lipinski definition) is 1. The number of anilines is 1. The van der Waals surface area contributed by atoms with E-state index in [4.69, 9.17) is 13.9 Å². The number of hydrogen-bond acceptors (Lipinski definition) is 5. The maximum atomic E-state index is 5.47. The minimum absolute atomic E-state index is 0.312. The molecular formula is C13H14N2O3. The lowest BCUT2D eigenvalue weighted by atomic mass is 10.1. The smallest absolute Gasteiger partial charge is 0.294 e. The number of oxazole rings is 1. The third-order valence-corrected chi connectivity index (χ3v) is 2.86. The summed E-state index contributed by atoms with van der Waals surface area (Å²) in [6.07, 6.45) is 3.45. The largest absolute Gasteiger partial charge is 0.454 e. The summed E-state index contributed by atoms with van der Waals surface area (Å²) in [6, 6.07) is 6.55. The van der Waals surface area contributed by atoms with Crippen molar-refractivity contribution in [2.75, 3.05) is 19.2 Å². The fourth-order valence-electron chi connectivity index (χ4n) is 1.90. The first kappa shape index (κ1) is 11.0. The lowest BCUT2D eigenvalue weighted by molar-refractivity contribution is 0.174. The third-order valence-electron chi connectivity index (χ3n) is 2.86. The van der Waals surface area contributed by atoms with Crippen LogP contribution in [0.15, 0.2) is 28.8 Å². The van der Waals surface area contributed by atoms with E-state index in [1.807, 2.05) is 18.2 Å². The Morgan fingerprint density at radius 3 is 2.94 bits per heavy atom. The van der Waals surface area contributed by atoms with Crippen molar-refractivity contribution in [2.24, 2.45) is 0 Å². The van der Waals surface area contributed by atoms with Gasteiger partial charge in [-0.05, 0) is 24.1 Å². The molecule has 1 aliphatic rings. The molecule has 0 aliphatic carbocycles. The highest BCUT2D eigenvalue weighted by Crippen LogP contribution is 2.32. The predicted octanol–water partition coefficient (Wildman–Crippen LogP) is 2.23. The van der Waals surface area contributed by atoms with Gasteiger partial charge in [-0.25, -0.2) is 4.98 Å². The Bertz CT molecular complexity index is 551. The summed E-state index contributed by atoms with van der Waals surface area (Å²) in [5.41, 5.74) is 1.20. The summed E-state index contributed by atoms with van der Waals surface area (Å²) < 4.78 is 16.1. The van der Waals surface area contributed by atoms with Gasteiger partial charge in [0.25, 0.3) is 6.01 Å². The summed E-state index contributed by atoms with van der Waals surface area (Å²) in [5, 5.41) is 2.87. The molecule has 0 bridgehead atoms. The average Bonchev–Trinajstić information content (AvgIpc) is 3.04. The number of nitrogens with one attached hydrogen (secondary N) is 1. The molecule has 3 rings (SSSR count). The number of rotatable bonds is 4. The summed E-state index contributed by atoms with van der Waals surface area (Å²) in [6.45, 7) is 0.312. The molecule has 0 radical (unpaired) electrons. The fraction of sp³-hybridized carbons (Fsp3) is 0.308. The molecule has 5 heteroatoms. The van der Waals surface area contributed by atoms with Crippen LogP contribution in [-0.4, -0.2) is 18.8 Å². The first-order valence-corrected chi connectivity index (χ1v) is 5.86. The van der Waals surface area contributed by atoms with Crippen molar-refractivity contribution in [1.82, 2.24) is 4.98 Å². The molecule has 1 N–H and O–H groups in total. The summed E-state index contributed by atoms with van der Waals surface area (Å²) in [7, 11) is 1.79. The highest BCUT2D eigenvalue weighted by molar-refractivity contribution is 5.44. The molecule has 5 nitrogen and oxygen atoms in total. The molecule has 0 unspecified atom stereocenters. The van der Waals surface area contributed by atoms with E-state index in [0.29, 0.717) is 12.8 Å². The van der Waals surface area contributed by atoms with Crippen LogP contribution in [0, 0.1) is 0 Å². The molecule has 94 valence electrons. The van der Waals surface area contributed by atoms with Gasteiger partial charge in [0.05, 0.1) is 6.20 Å². The second kappa shape index (κ2) is 4.60. The zero-order valence-electron chi connectivity index (χ0n) is 10.1. The van der Waals surface area contributed by atoms with Gasteiger partial charge in [-0.15, -0.1) is 0 Å². The molecule has 0 fully saturated rings. The van der Waals surface area contributed by atoms with E-state index in [0.717, 1.165) is 30.1 Å². The highest BCUT2D eigenvalue weighted by Gasteiger charge is 2.13. The van der Waals surface area contributed by atoms with Crippen LogP contribution in [0.25, 0.3) is 0 Å². The lowest BCUT2D eigenvalue weighted by Crippen LogP contribution is -1.93. The van der Waals surface area contributed by atoms with E-state index in [1.54, 1.807) is 13.2 Å². The first-order valence-electron chi connectivity index (χ1n) is 5.86. The van der Waals surface area contributed by atoms with Crippen molar-refractivity contribution in [2.45, 2.75) is 12.8 Å². The Morgan fingerprint density at radius 2 is 2.11 bits per heavy atom. The molecule has 0 spiro atoms. The van der Waals surface area contributed by atoms with Crippen LogP contribution < -0.4 is 14.8 Å². The zero-order valence-corrected chi connectivity index (χ0v) is 10.1. The van der Waals surface area contributed by atoms with E-state index in [1.165, 1.54) is 5.56 Å². The predicted molar refractivity (Wildman–Crippen MR) is 66.0 cm³/mol. The number of nitrogens with zero attached hydrogens (tertiary/aromatic N) is 1. The van der Waals surface area contributed by atoms with E-state index < -0.39 is 0 Å². The normalized spacial score (nSPS) is 12.7. The number of ether oxygens (including phenoxy) is 2. The Balaban J connectivity index is 1.66. The molecule has 2 heterocycles. The van der Waals surface area contributed by atoms with Gasteiger partial charge in [-0.1, -0.05) is 6.07 Å². The SMILES string of the molecule is CNc1ncc(CCc2ccc3c(c2)OCO3)o1. The van der Waals surface area contributed by atoms with Gasteiger partial charge in [0, 0.05) is 13.5 Å². The Hall–Kier alpha value is -2.17. The average molecular weight is 246 g/mol. The standard InChI is InChI=1S/C13H14N2O3/c1-14-13-15-7-10(18-13)4-2-9-3-5-11-12(6-9)17-8-16-11/h3,5-7H,2,4,8H2,1H3,(H,14,15). The molecule has 18 heavy (non-hydrogen) atoms. The Labute approximate surface area is 105 Å². The zero-order chi connectivity index (χ0) is 12.4. The van der Waals surface area contributed by atoms with Crippen LogP contribution in [0.3, 0.4) is 0 Å². The van der Waals surface area contributed by atoms with Crippen LogP contribution in [0.1, 0.15) is 11.3 Å². The highest BCUT2D eigenvalue weighted by atomic mass is 16.7. The van der Waals surface area contributed by atoms with E-state index >= 15 is 0 Å². The molecule has 0 saturated carbocycles. The number of fused-ring (bicyclic) bond motifs is 1. The van der Waals surface area contributed by atoms with Crippen LogP contribution in [0.2, 0.25) is 0 Å². The van der Waals surface area contributed by atoms with E-state index in [-0.39, 0.29) is 0 Å². The molecule has 0 atom stereocenters. The molecule has 2 aromatic rings. The van der Waals surface area contributed by atoms with Crippen molar-refractivity contribution in [3.8, 4) is 11.5 Å². The second-order valence-corrected chi connectivity index (χ2v) is 4.07. The summed E-state index contributed by atoms with van der Waals surface area (Å²) in [4.78, 5) is 4.08. The molecule has 0 amide bonds. The van der Waals surface area contributed by atoms with Gasteiger partial charge in [0.15, 0.2) is 11.5 Å². The molecule has 1 aromatic carbocycles. The van der Waals surface area contributed by atoms with Crippen LogP contribution in [-0.2, 0) is 12.8 Å². The maximum absolute atomic E-state index is 5.47. The summed E-state index contributed by atoms with van der Waals surface area (Å²) >= 11 is 0. The molecule has 1 aliphatic heterocycles. The second-order valence-electron chi connectivity index (χ2n) is 4.07. The van der Waals surface area contributed by atoms with Gasteiger partial charge in [-0.3, -0.25) is 0 Å². The van der Waals surface area contributed by atoms with Crippen LogP contribution in [0.5, 0.6) is 11.5 Å². The van der Waals surface area contributed by atoms with Crippen molar-refractivity contribution >= 4 is 6.01 Å². The fourth-order valence-corrected chi connectivity index (χ4v) is 1.90. The summed E-state index contributed by atoms with van der Waals surface area (Å²) in [5.74, 6) is 2.51. The van der Waals surface area contributed by atoms with Crippen molar-refractivity contribution in [3.63, 3.8) is 0 Å². The quantitative estimate of drug-likeness (QED) is 0.896. The van der Waals surface area contributed by atoms with Gasteiger partial charge >= 0.3 is 0 Å². The van der Waals surface area contributed by atoms with Gasteiger partial charge in [0.2, 0.25) is 6.79 Å². The van der Waals surface area contributed by atoms with Crippen LogP contribution >= 0.6 is 0 Å². The van der Waals surface area contributed by atoms with E-state index in [2.05, 4.69) is 10.3 Å². The van der Waals surface area contributed by atoms with Gasteiger partial charge in [-0.2, -0.15) is 0 Å².